The van der Waals surface area contributed by atoms with E-state index in [4.69, 9.17) is 16.3 Å². The third-order valence-electron chi connectivity index (χ3n) is 6.24. The molecule has 0 bridgehead atoms. The molecule has 2 unspecified atom stereocenters. The second-order valence-corrected chi connectivity index (χ2v) is 10.8. The number of hydrogen-bond acceptors (Lipinski definition) is 4. The number of benzene rings is 4. The molecule has 4 aromatic carbocycles. The van der Waals surface area contributed by atoms with Gasteiger partial charge in [0.05, 0.1) is 4.90 Å². The standard InChI is InChI=1S/C28H22ClNO5S/c29-22-13-9-19(10-14-22)20-11-15-25(16-12-20)36(33,34)30-28(27(31)32)18-26(28)21-5-4-8-24(17-21)35-23-6-2-1-3-7-23/h1-17,26,30H,18H2,(H,31,32). The van der Waals surface area contributed by atoms with Crippen LogP contribution in [0.2, 0.25) is 5.02 Å². The van der Waals surface area contributed by atoms with Crippen LogP contribution in [0.4, 0.5) is 0 Å². The zero-order chi connectivity index (χ0) is 25.3. The summed E-state index contributed by atoms with van der Waals surface area (Å²) >= 11 is 5.94. The minimum Gasteiger partial charge on any atom is -0.480 e. The van der Waals surface area contributed by atoms with E-state index in [0.717, 1.165) is 11.1 Å². The zero-order valence-corrected chi connectivity index (χ0v) is 20.5. The van der Waals surface area contributed by atoms with Gasteiger partial charge in [-0.3, -0.25) is 4.79 Å². The van der Waals surface area contributed by atoms with E-state index in [2.05, 4.69) is 4.72 Å². The number of ether oxygens (including phenoxy) is 1. The van der Waals surface area contributed by atoms with Gasteiger partial charge in [-0.1, -0.05) is 66.2 Å². The third kappa shape index (κ3) is 4.86. The van der Waals surface area contributed by atoms with E-state index in [1.165, 1.54) is 12.1 Å². The maximum absolute atomic E-state index is 13.2. The van der Waals surface area contributed by atoms with Crippen LogP contribution in [0.3, 0.4) is 0 Å². The summed E-state index contributed by atoms with van der Waals surface area (Å²) in [6, 6.07) is 29.8. The number of hydrogen-bond donors (Lipinski definition) is 2. The molecule has 6 nitrogen and oxygen atoms in total. The lowest BCUT2D eigenvalue weighted by Crippen LogP contribution is -2.44. The van der Waals surface area contributed by atoms with Crippen LogP contribution in [0.25, 0.3) is 11.1 Å². The van der Waals surface area contributed by atoms with E-state index in [0.29, 0.717) is 22.1 Å². The van der Waals surface area contributed by atoms with Gasteiger partial charge in [-0.15, -0.1) is 0 Å². The first-order chi connectivity index (χ1) is 17.3. The highest BCUT2D eigenvalue weighted by molar-refractivity contribution is 7.89. The molecule has 2 atom stereocenters. The van der Waals surface area contributed by atoms with E-state index in [-0.39, 0.29) is 11.3 Å². The lowest BCUT2D eigenvalue weighted by molar-refractivity contribution is -0.140. The van der Waals surface area contributed by atoms with Gasteiger partial charge >= 0.3 is 5.97 Å². The zero-order valence-electron chi connectivity index (χ0n) is 19.0. The second kappa shape index (κ2) is 9.43. The molecule has 182 valence electrons. The quantitative estimate of drug-likeness (QED) is 0.294. The van der Waals surface area contributed by atoms with Gasteiger partial charge in [0, 0.05) is 10.9 Å². The number of nitrogens with one attached hydrogen (secondary N) is 1. The first kappa shape index (κ1) is 24.1. The van der Waals surface area contributed by atoms with Crippen LogP contribution in [0.1, 0.15) is 17.9 Å². The highest BCUT2D eigenvalue weighted by Crippen LogP contribution is 2.53. The van der Waals surface area contributed by atoms with Crippen LogP contribution >= 0.6 is 11.6 Å². The lowest BCUT2D eigenvalue weighted by Gasteiger charge is -2.16. The second-order valence-electron chi connectivity index (χ2n) is 8.66. The lowest BCUT2D eigenvalue weighted by atomic mass is 10.1. The summed E-state index contributed by atoms with van der Waals surface area (Å²) in [5.74, 6) is -0.552. The van der Waals surface area contributed by atoms with E-state index >= 15 is 0 Å². The molecule has 1 saturated carbocycles. The molecule has 4 aromatic rings. The van der Waals surface area contributed by atoms with Crippen LogP contribution in [-0.4, -0.2) is 25.0 Å². The van der Waals surface area contributed by atoms with E-state index in [9.17, 15) is 18.3 Å². The van der Waals surface area contributed by atoms with Gasteiger partial charge in [-0.2, -0.15) is 4.72 Å². The number of para-hydroxylation sites is 1. The van der Waals surface area contributed by atoms with Crippen molar-refractivity contribution in [2.24, 2.45) is 0 Å². The van der Waals surface area contributed by atoms with Crippen LogP contribution in [-0.2, 0) is 14.8 Å². The number of rotatable bonds is 8. The average Bonchev–Trinajstić information content (AvgIpc) is 3.60. The van der Waals surface area contributed by atoms with Gasteiger partial charge in [0.2, 0.25) is 10.0 Å². The number of carboxylic acids is 1. The molecule has 0 aliphatic heterocycles. The van der Waals surface area contributed by atoms with Crippen molar-refractivity contribution in [2.45, 2.75) is 22.8 Å². The van der Waals surface area contributed by atoms with Crippen molar-refractivity contribution in [1.82, 2.24) is 4.72 Å². The molecule has 36 heavy (non-hydrogen) atoms. The summed E-state index contributed by atoms with van der Waals surface area (Å²) in [6.45, 7) is 0. The van der Waals surface area contributed by atoms with Crippen molar-refractivity contribution in [1.29, 1.82) is 0 Å². The van der Waals surface area contributed by atoms with Crippen LogP contribution in [0.5, 0.6) is 11.5 Å². The van der Waals surface area contributed by atoms with Crippen LogP contribution < -0.4 is 9.46 Å². The minimum absolute atomic E-state index is 0.00681. The third-order valence-corrected chi connectivity index (χ3v) is 8.02. The molecule has 1 fully saturated rings. The molecule has 0 heterocycles. The Morgan fingerprint density at radius 1 is 0.861 bits per heavy atom. The van der Waals surface area contributed by atoms with Crippen molar-refractivity contribution >= 4 is 27.6 Å². The molecule has 1 aliphatic rings. The smallest absolute Gasteiger partial charge is 0.325 e. The van der Waals surface area contributed by atoms with E-state index in [1.807, 2.05) is 42.5 Å². The largest absolute Gasteiger partial charge is 0.480 e. The summed E-state index contributed by atoms with van der Waals surface area (Å²) < 4.78 is 34.6. The molecule has 5 rings (SSSR count). The Morgan fingerprint density at radius 3 is 2.11 bits per heavy atom. The molecule has 0 saturated heterocycles. The molecule has 0 amide bonds. The summed E-state index contributed by atoms with van der Waals surface area (Å²) in [7, 11) is -4.09. The van der Waals surface area contributed by atoms with Gasteiger partial charge in [-0.05, 0) is 71.6 Å². The fourth-order valence-electron chi connectivity index (χ4n) is 4.25. The Bertz CT molecular complexity index is 1510. The van der Waals surface area contributed by atoms with Crippen molar-refractivity contribution in [3.8, 4) is 22.6 Å². The fourth-order valence-corrected chi connectivity index (χ4v) is 5.78. The number of sulfonamides is 1. The topological polar surface area (TPSA) is 92.7 Å². The highest BCUT2D eigenvalue weighted by atomic mass is 35.5. The van der Waals surface area contributed by atoms with Crippen molar-refractivity contribution in [3.63, 3.8) is 0 Å². The highest BCUT2D eigenvalue weighted by Gasteiger charge is 2.63. The Hall–Kier alpha value is -3.65. The molecule has 0 radical (unpaired) electrons. The maximum atomic E-state index is 13.2. The average molecular weight is 520 g/mol. The van der Waals surface area contributed by atoms with Crippen LogP contribution in [0, 0.1) is 0 Å². The SMILES string of the molecule is O=C(O)C1(NS(=O)(=O)c2ccc(-c3ccc(Cl)cc3)cc2)CC1c1cccc(Oc2ccccc2)c1. The molecule has 8 heteroatoms. The van der Waals surface area contributed by atoms with Gasteiger partial charge in [-0.25, -0.2) is 8.42 Å². The number of carbonyl (C=O) groups is 1. The normalized spacial score (nSPS) is 19.0. The Balaban J connectivity index is 1.36. The van der Waals surface area contributed by atoms with Crippen molar-refractivity contribution < 1.29 is 23.1 Å². The van der Waals surface area contributed by atoms with Gasteiger partial charge < -0.3 is 9.84 Å². The summed E-state index contributed by atoms with van der Waals surface area (Å²) in [6.07, 6.45) is 0.138. The predicted molar refractivity (Wildman–Crippen MR) is 138 cm³/mol. The van der Waals surface area contributed by atoms with E-state index in [1.54, 1.807) is 48.5 Å². The van der Waals surface area contributed by atoms with Crippen LogP contribution in [0.15, 0.2) is 108 Å². The minimum atomic E-state index is -4.09. The summed E-state index contributed by atoms with van der Waals surface area (Å²) in [5, 5.41) is 10.6. The fraction of sp³-hybridized carbons (Fsp3) is 0.107. The predicted octanol–water partition coefficient (Wildman–Crippen LogP) is 6.09. The summed E-state index contributed by atoms with van der Waals surface area (Å²) in [4.78, 5) is 12.2. The molecule has 0 aromatic heterocycles. The first-order valence-corrected chi connectivity index (χ1v) is 13.1. The molecule has 2 N–H and O–H groups in total. The monoisotopic (exact) mass is 519 g/mol. The number of halogens is 1. The maximum Gasteiger partial charge on any atom is 0.325 e. The Morgan fingerprint density at radius 2 is 1.47 bits per heavy atom. The number of aliphatic carboxylic acids is 1. The van der Waals surface area contributed by atoms with Crippen molar-refractivity contribution in [2.75, 3.05) is 0 Å². The molecule has 1 aliphatic carbocycles. The Labute approximate surface area is 214 Å². The van der Waals surface area contributed by atoms with Crippen molar-refractivity contribution in [3.05, 3.63) is 114 Å². The molecular weight excluding hydrogens is 498 g/mol. The first-order valence-electron chi connectivity index (χ1n) is 11.2. The summed E-state index contributed by atoms with van der Waals surface area (Å²) in [5.41, 5.74) is 0.766. The molecular formula is C28H22ClNO5S. The van der Waals surface area contributed by atoms with Gasteiger partial charge in [0.25, 0.3) is 0 Å². The molecule has 0 spiro atoms. The number of carboxylic acid groups (broad SMARTS) is 1. The van der Waals surface area contributed by atoms with Gasteiger partial charge in [0.1, 0.15) is 17.0 Å². The Kier molecular flexibility index (Phi) is 6.30. The van der Waals surface area contributed by atoms with E-state index < -0.39 is 27.4 Å². The van der Waals surface area contributed by atoms with Gasteiger partial charge in [0.15, 0.2) is 0 Å².